The molecule has 0 spiro atoms. The number of benzene rings is 2. The summed E-state index contributed by atoms with van der Waals surface area (Å²) < 4.78 is 33.5. The van der Waals surface area contributed by atoms with Crippen LogP contribution in [-0.2, 0) is 5.92 Å². The predicted octanol–water partition coefficient (Wildman–Crippen LogP) is 4.14. The number of alkyl halides is 2. The fourth-order valence-electron chi connectivity index (χ4n) is 2.20. The maximum absolute atomic E-state index is 14.1. The molecule has 0 unspecified atom stereocenters. The van der Waals surface area contributed by atoms with Gasteiger partial charge in [-0.05, 0) is 13.0 Å². The Balaban J connectivity index is 2.05. The second-order valence-electron chi connectivity index (χ2n) is 4.92. The number of rotatable bonds is 6. The van der Waals surface area contributed by atoms with Crippen LogP contribution >= 0.6 is 0 Å². The molecule has 0 aliphatic carbocycles. The molecule has 0 aliphatic rings. The Hall–Kier alpha value is -1.94. The van der Waals surface area contributed by atoms with Crippen LogP contribution in [0.25, 0.3) is 0 Å². The molecule has 2 aromatic carbocycles. The molecule has 1 atom stereocenters. The monoisotopic (exact) mass is 291 g/mol. The van der Waals surface area contributed by atoms with Gasteiger partial charge in [0.15, 0.2) is 0 Å². The molecule has 0 saturated heterocycles. The first-order valence-electron chi connectivity index (χ1n) is 6.84. The topological polar surface area (TPSA) is 21.3 Å². The molecular weight excluding hydrogens is 272 g/mol. The van der Waals surface area contributed by atoms with Gasteiger partial charge in [-0.3, -0.25) is 0 Å². The lowest BCUT2D eigenvalue weighted by atomic mass is 10.1. The molecule has 0 bridgehead atoms. The van der Waals surface area contributed by atoms with Gasteiger partial charge in [-0.1, -0.05) is 48.5 Å². The molecule has 0 radical (unpaired) electrons. The zero-order valence-electron chi connectivity index (χ0n) is 12.1. The summed E-state index contributed by atoms with van der Waals surface area (Å²) in [5.41, 5.74) is 0.883. The van der Waals surface area contributed by atoms with E-state index in [-0.39, 0.29) is 11.6 Å². The van der Waals surface area contributed by atoms with E-state index in [1.807, 2.05) is 31.2 Å². The zero-order chi connectivity index (χ0) is 15.3. The lowest BCUT2D eigenvalue weighted by Gasteiger charge is -2.22. The van der Waals surface area contributed by atoms with Crippen molar-refractivity contribution < 1.29 is 13.5 Å². The Morgan fingerprint density at radius 2 is 1.67 bits per heavy atom. The Morgan fingerprint density at radius 1 is 1.05 bits per heavy atom. The van der Waals surface area contributed by atoms with Gasteiger partial charge >= 0.3 is 0 Å². The molecule has 0 heterocycles. The molecule has 2 nitrogen and oxygen atoms in total. The van der Waals surface area contributed by atoms with Crippen molar-refractivity contribution in [3.05, 3.63) is 65.7 Å². The van der Waals surface area contributed by atoms with Crippen molar-refractivity contribution in [1.82, 2.24) is 5.32 Å². The Bertz CT molecular complexity index is 572. The lowest BCUT2D eigenvalue weighted by molar-refractivity contribution is -0.00539. The van der Waals surface area contributed by atoms with Crippen LogP contribution in [0.4, 0.5) is 8.78 Å². The molecule has 4 heteroatoms. The van der Waals surface area contributed by atoms with Crippen LogP contribution in [0, 0.1) is 0 Å². The average molecular weight is 291 g/mol. The van der Waals surface area contributed by atoms with Crippen LogP contribution in [0.5, 0.6) is 5.75 Å². The fourth-order valence-corrected chi connectivity index (χ4v) is 2.20. The molecule has 0 amide bonds. The first kappa shape index (κ1) is 15.4. The molecular formula is C17H19F2NO. The summed E-state index contributed by atoms with van der Waals surface area (Å²) in [6.45, 7) is 1.43. The number of ether oxygens (including phenoxy) is 1. The highest BCUT2D eigenvalue weighted by atomic mass is 19.3. The maximum atomic E-state index is 14.1. The second kappa shape index (κ2) is 6.68. The van der Waals surface area contributed by atoms with Gasteiger partial charge in [-0.15, -0.1) is 0 Å². The number of nitrogens with one attached hydrogen (secondary N) is 1. The summed E-state index contributed by atoms with van der Waals surface area (Å²) in [5.74, 6) is -2.21. The number of para-hydroxylation sites is 1. The Labute approximate surface area is 123 Å². The van der Waals surface area contributed by atoms with Gasteiger partial charge in [0.1, 0.15) is 5.75 Å². The highest BCUT2D eigenvalue weighted by Gasteiger charge is 2.31. The lowest BCUT2D eigenvalue weighted by Crippen LogP contribution is -2.32. The van der Waals surface area contributed by atoms with E-state index in [1.165, 1.54) is 12.1 Å². The summed E-state index contributed by atoms with van der Waals surface area (Å²) in [6, 6.07) is 15.0. The quantitative estimate of drug-likeness (QED) is 0.863. The Morgan fingerprint density at radius 3 is 2.33 bits per heavy atom. The minimum atomic E-state index is -2.91. The third-order valence-electron chi connectivity index (χ3n) is 3.43. The van der Waals surface area contributed by atoms with Crippen molar-refractivity contribution in [1.29, 1.82) is 0 Å². The smallest absolute Gasteiger partial charge is 0.285 e. The van der Waals surface area contributed by atoms with E-state index < -0.39 is 12.5 Å². The van der Waals surface area contributed by atoms with Crippen LogP contribution in [0.15, 0.2) is 54.6 Å². The van der Waals surface area contributed by atoms with Crippen LogP contribution in [0.1, 0.15) is 24.1 Å². The van der Waals surface area contributed by atoms with Crippen molar-refractivity contribution in [2.24, 2.45) is 0 Å². The molecule has 21 heavy (non-hydrogen) atoms. The van der Waals surface area contributed by atoms with Crippen LogP contribution < -0.4 is 10.1 Å². The van der Waals surface area contributed by atoms with E-state index in [0.717, 1.165) is 5.56 Å². The Kier molecular flexibility index (Phi) is 4.91. The first-order valence-corrected chi connectivity index (χ1v) is 6.84. The number of hydrogen-bond donors (Lipinski definition) is 1. The molecule has 2 aromatic rings. The van der Waals surface area contributed by atoms with E-state index in [4.69, 9.17) is 4.74 Å². The molecule has 2 rings (SSSR count). The molecule has 1 N–H and O–H groups in total. The van der Waals surface area contributed by atoms with Crippen LogP contribution in [-0.4, -0.2) is 13.7 Å². The minimum Gasteiger partial charge on any atom is -0.496 e. The van der Waals surface area contributed by atoms with Crippen LogP contribution in [0.3, 0.4) is 0 Å². The van der Waals surface area contributed by atoms with Crippen molar-refractivity contribution in [3.63, 3.8) is 0 Å². The molecule has 112 valence electrons. The number of hydrogen-bond acceptors (Lipinski definition) is 2. The number of halogens is 2. The van der Waals surface area contributed by atoms with E-state index in [1.54, 1.807) is 25.3 Å². The second-order valence-corrected chi connectivity index (χ2v) is 4.92. The van der Waals surface area contributed by atoms with Gasteiger partial charge < -0.3 is 10.1 Å². The fraction of sp³-hybridized carbons (Fsp3) is 0.294. The SMILES string of the molecule is COc1ccccc1[C@H](C)NCC(F)(F)c1ccccc1. The molecule has 0 saturated carbocycles. The average Bonchev–Trinajstić information content (AvgIpc) is 2.53. The third kappa shape index (κ3) is 3.79. The standard InChI is InChI=1S/C17H19F2NO/c1-13(15-10-6-7-11-16(15)21-2)20-12-17(18,19)14-8-4-3-5-9-14/h3-11,13,20H,12H2,1-2H3/t13-/m0/s1. The van der Waals surface area contributed by atoms with E-state index in [2.05, 4.69) is 5.32 Å². The summed E-state index contributed by atoms with van der Waals surface area (Å²) in [7, 11) is 1.57. The van der Waals surface area contributed by atoms with Crippen molar-refractivity contribution in [2.45, 2.75) is 18.9 Å². The number of methoxy groups -OCH3 is 1. The summed E-state index contributed by atoms with van der Waals surface area (Å²) in [4.78, 5) is 0. The predicted molar refractivity (Wildman–Crippen MR) is 79.7 cm³/mol. The van der Waals surface area contributed by atoms with Gasteiger partial charge in [0.2, 0.25) is 0 Å². The summed E-state index contributed by atoms with van der Waals surface area (Å²) in [6.07, 6.45) is 0. The molecule has 0 aliphatic heterocycles. The van der Waals surface area contributed by atoms with Gasteiger partial charge in [0.25, 0.3) is 5.92 Å². The van der Waals surface area contributed by atoms with Crippen molar-refractivity contribution in [3.8, 4) is 5.75 Å². The van der Waals surface area contributed by atoms with Gasteiger partial charge in [-0.2, -0.15) is 8.78 Å². The van der Waals surface area contributed by atoms with Crippen molar-refractivity contribution in [2.75, 3.05) is 13.7 Å². The normalized spacial score (nSPS) is 13.0. The molecule has 0 aromatic heterocycles. The highest BCUT2D eigenvalue weighted by Crippen LogP contribution is 2.29. The largest absolute Gasteiger partial charge is 0.496 e. The first-order chi connectivity index (χ1) is 10.0. The van der Waals surface area contributed by atoms with Crippen LogP contribution in [0.2, 0.25) is 0 Å². The molecule has 0 fully saturated rings. The van der Waals surface area contributed by atoms with E-state index in [9.17, 15) is 8.78 Å². The summed E-state index contributed by atoms with van der Waals surface area (Å²) in [5, 5.41) is 2.88. The minimum absolute atomic E-state index is 0.0183. The van der Waals surface area contributed by atoms with Gasteiger partial charge in [0, 0.05) is 17.2 Å². The highest BCUT2D eigenvalue weighted by molar-refractivity contribution is 5.35. The van der Waals surface area contributed by atoms with E-state index in [0.29, 0.717) is 5.75 Å². The summed E-state index contributed by atoms with van der Waals surface area (Å²) >= 11 is 0. The maximum Gasteiger partial charge on any atom is 0.285 e. The van der Waals surface area contributed by atoms with Gasteiger partial charge in [0.05, 0.1) is 13.7 Å². The third-order valence-corrected chi connectivity index (χ3v) is 3.43. The van der Waals surface area contributed by atoms with E-state index >= 15 is 0 Å². The zero-order valence-corrected chi connectivity index (χ0v) is 12.1. The van der Waals surface area contributed by atoms with Gasteiger partial charge in [-0.25, -0.2) is 0 Å². The van der Waals surface area contributed by atoms with Crippen molar-refractivity contribution >= 4 is 0 Å².